The summed E-state index contributed by atoms with van der Waals surface area (Å²) in [5, 5.41) is 8.79. The fraction of sp³-hybridized carbons (Fsp3) is 0.176. The van der Waals surface area contributed by atoms with Gasteiger partial charge in [0.05, 0.1) is 17.2 Å². The van der Waals surface area contributed by atoms with Crippen molar-refractivity contribution >= 4 is 5.78 Å². The van der Waals surface area contributed by atoms with Gasteiger partial charge in [-0.2, -0.15) is 5.26 Å². The maximum atomic E-state index is 12.6. The van der Waals surface area contributed by atoms with Crippen molar-refractivity contribution < 1.29 is 14.3 Å². The molecule has 1 aliphatic rings. The molecule has 1 heterocycles. The van der Waals surface area contributed by atoms with E-state index in [0.717, 1.165) is 0 Å². The lowest BCUT2D eigenvalue weighted by Crippen LogP contribution is -2.38. The van der Waals surface area contributed by atoms with Gasteiger partial charge in [-0.05, 0) is 36.4 Å². The Morgan fingerprint density at radius 2 is 1.81 bits per heavy atom. The molecule has 0 fully saturated rings. The summed E-state index contributed by atoms with van der Waals surface area (Å²) in [6, 6.07) is 13.7. The van der Waals surface area contributed by atoms with Gasteiger partial charge in [0.15, 0.2) is 5.78 Å². The third-order valence-corrected chi connectivity index (χ3v) is 3.19. The van der Waals surface area contributed by atoms with E-state index in [1.165, 1.54) is 0 Å². The van der Waals surface area contributed by atoms with Crippen LogP contribution in [0.2, 0.25) is 0 Å². The second-order valence-corrected chi connectivity index (χ2v) is 5.28. The van der Waals surface area contributed by atoms with Gasteiger partial charge < -0.3 is 9.47 Å². The van der Waals surface area contributed by atoms with Crippen molar-refractivity contribution in [3.8, 4) is 17.6 Å². The molecule has 104 valence electrons. The minimum atomic E-state index is -0.791. The van der Waals surface area contributed by atoms with Gasteiger partial charge in [-0.15, -0.1) is 0 Å². The number of hydrogen-bond acceptors (Lipinski definition) is 4. The van der Waals surface area contributed by atoms with Crippen molar-refractivity contribution in [2.75, 3.05) is 0 Å². The van der Waals surface area contributed by atoms with E-state index in [-0.39, 0.29) is 5.78 Å². The highest BCUT2D eigenvalue weighted by Gasteiger charge is 2.30. The molecule has 0 spiro atoms. The Hall–Kier alpha value is -2.80. The van der Waals surface area contributed by atoms with Crippen LogP contribution in [0.3, 0.4) is 0 Å². The van der Waals surface area contributed by atoms with Gasteiger partial charge in [-0.25, -0.2) is 0 Å². The normalized spacial score (nSPS) is 14.5. The standard InChI is InChI=1S/C17H13NO3/c1-17(2)20-13-7-8-14(15(9-13)21-17)16(19)12-5-3-11(10-18)4-6-12/h3-9H,1-2H3. The van der Waals surface area contributed by atoms with Crippen molar-refractivity contribution in [1.29, 1.82) is 5.26 Å². The van der Waals surface area contributed by atoms with Gasteiger partial charge in [-0.1, -0.05) is 0 Å². The van der Waals surface area contributed by atoms with Crippen LogP contribution < -0.4 is 9.47 Å². The molecule has 4 nitrogen and oxygen atoms in total. The smallest absolute Gasteiger partial charge is 0.245 e. The molecule has 0 saturated heterocycles. The van der Waals surface area contributed by atoms with Crippen LogP contribution in [0.15, 0.2) is 42.5 Å². The number of rotatable bonds is 2. The number of carbonyl (C=O) groups is 1. The SMILES string of the molecule is CC1(C)Oc2ccc(C(=O)c3ccc(C#N)cc3)c(c2)O1. The Labute approximate surface area is 122 Å². The Morgan fingerprint density at radius 1 is 1.10 bits per heavy atom. The summed E-state index contributed by atoms with van der Waals surface area (Å²) < 4.78 is 11.3. The third-order valence-electron chi connectivity index (χ3n) is 3.19. The van der Waals surface area contributed by atoms with Crippen molar-refractivity contribution in [1.82, 2.24) is 0 Å². The van der Waals surface area contributed by atoms with E-state index in [1.807, 2.05) is 6.07 Å². The molecule has 4 heteroatoms. The molecule has 0 saturated carbocycles. The molecule has 3 rings (SSSR count). The van der Waals surface area contributed by atoms with Crippen LogP contribution in [0.1, 0.15) is 35.3 Å². The van der Waals surface area contributed by atoms with Gasteiger partial charge in [0.2, 0.25) is 5.79 Å². The van der Waals surface area contributed by atoms with Crippen LogP contribution >= 0.6 is 0 Å². The third kappa shape index (κ3) is 2.46. The summed E-state index contributed by atoms with van der Waals surface area (Å²) in [4.78, 5) is 12.6. The maximum absolute atomic E-state index is 12.6. The van der Waals surface area contributed by atoms with Gasteiger partial charge >= 0.3 is 0 Å². The Balaban J connectivity index is 1.98. The summed E-state index contributed by atoms with van der Waals surface area (Å²) >= 11 is 0. The van der Waals surface area contributed by atoms with Crippen LogP contribution in [0, 0.1) is 11.3 Å². The van der Waals surface area contributed by atoms with Crippen molar-refractivity contribution in [3.05, 3.63) is 59.2 Å². The molecular formula is C17H13NO3. The van der Waals surface area contributed by atoms with Crippen LogP contribution in [0.5, 0.6) is 11.5 Å². The number of carbonyl (C=O) groups excluding carboxylic acids is 1. The monoisotopic (exact) mass is 279 g/mol. The zero-order chi connectivity index (χ0) is 15.0. The first-order valence-electron chi connectivity index (χ1n) is 6.55. The predicted molar refractivity (Wildman–Crippen MR) is 76.4 cm³/mol. The first kappa shape index (κ1) is 13.2. The largest absolute Gasteiger partial charge is 0.453 e. The molecule has 0 aromatic heterocycles. The van der Waals surface area contributed by atoms with E-state index in [4.69, 9.17) is 14.7 Å². The molecule has 21 heavy (non-hydrogen) atoms. The highest BCUT2D eigenvalue weighted by Crippen LogP contribution is 2.35. The minimum absolute atomic E-state index is 0.140. The van der Waals surface area contributed by atoms with Crippen LogP contribution in [-0.4, -0.2) is 11.6 Å². The summed E-state index contributed by atoms with van der Waals surface area (Å²) in [7, 11) is 0. The van der Waals surface area contributed by atoms with E-state index in [1.54, 1.807) is 56.3 Å². The van der Waals surface area contributed by atoms with Crippen molar-refractivity contribution in [2.24, 2.45) is 0 Å². The zero-order valence-electron chi connectivity index (χ0n) is 11.7. The zero-order valence-corrected chi connectivity index (χ0v) is 11.7. The van der Waals surface area contributed by atoms with E-state index < -0.39 is 5.79 Å². The Kier molecular flexibility index (Phi) is 2.91. The van der Waals surface area contributed by atoms with Gasteiger partial charge in [0, 0.05) is 25.5 Å². The molecule has 0 radical (unpaired) electrons. The Bertz CT molecular complexity index is 755. The topological polar surface area (TPSA) is 59.3 Å². The lowest BCUT2D eigenvalue weighted by atomic mass is 10.0. The molecule has 0 amide bonds. The highest BCUT2D eigenvalue weighted by molar-refractivity contribution is 6.10. The number of nitriles is 1. The molecule has 2 aromatic rings. The molecule has 2 bridgehead atoms. The average molecular weight is 279 g/mol. The summed E-state index contributed by atoms with van der Waals surface area (Å²) in [5.41, 5.74) is 1.53. The highest BCUT2D eigenvalue weighted by atomic mass is 16.7. The maximum Gasteiger partial charge on any atom is 0.245 e. The summed E-state index contributed by atoms with van der Waals surface area (Å²) in [5.74, 6) is 0.259. The molecule has 0 aliphatic carbocycles. The van der Waals surface area contributed by atoms with Gasteiger partial charge in [0.1, 0.15) is 11.5 Å². The fourth-order valence-electron chi connectivity index (χ4n) is 2.26. The second-order valence-electron chi connectivity index (χ2n) is 5.28. The van der Waals surface area contributed by atoms with Gasteiger partial charge in [0.25, 0.3) is 0 Å². The van der Waals surface area contributed by atoms with Crippen LogP contribution in [0.4, 0.5) is 0 Å². The molecule has 0 unspecified atom stereocenters. The second kappa shape index (κ2) is 4.64. The van der Waals surface area contributed by atoms with E-state index in [2.05, 4.69) is 0 Å². The predicted octanol–water partition coefficient (Wildman–Crippen LogP) is 3.30. The van der Waals surface area contributed by atoms with Gasteiger partial charge in [-0.3, -0.25) is 4.79 Å². The molecule has 1 aliphatic heterocycles. The van der Waals surface area contributed by atoms with Crippen molar-refractivity contribution in [3.63, 3.8) is 0 Å². The Morgan fingerprint density at radius 3 is 2.48 bits per heavy atom. The van der Waals surface area contributed by atoms with E-state index in [9.17, 15) is 4.79 Å². The number of nitrogens with zero attached hydrogens (tertiary/aromatic N) is 1. The summed E-state index contributed by atoms with van der Waals surface area (Å²) in [6.07, 6.45) is 0. The molecule has 2 aromatic carbocycles. The lowest BCUT2D eigenvalue weighted by Gasteiger charge is -2.32. The van der Waals surface area contributed by atoms with Crippen LogP contribution in [-0.2, 0) is 0 Å². The fourth-order valence-corrected chi connectivity index (χ4v) is 2.26. The molecule has 0 N–H and O–H groups in total. The van der Waals surface area contributed by atoms with Crippen molar-refractivity contribution in [2.45, 2.75) is 19.6 Å². The summed E-state index contributed by atoms with van der Waals surface area (Å²) in [6.45, 7) is 3.59. The number of ether oxygens (including phenoxy) is 2. The number of ketones is 1. The molecular weight excluding hydrogens is 266 g/mol. The van der Waals surface area contributed by atoms with E-state index in [0.29, 0.717) is 28.2 Å². The van der Waals surface area contributed by atoms with Crippen LogP contribution in [0.25, 0.3) is 0 Å². The quantitative estimate of drug-likeness (QED) is 0.791. The first-order chi connectivity index (χ1) is 9.98. The number of hydrogen-bond donors (Lipinski definition) is 0. The average Bonchev–Trinajstić information content (AvgIpc) is 2.45. The lowest BCUT2D eigenvalue weighted by molar-refractivity contribution is -0.0907. The minimum Gasteiger partial charge on any atom is -0.453 e. The first-order valence-corrected chi connectivity index (χ1v) is 6.55. The number of fused-ring (bicyclic) bond motifs is 2. The molecule has 0 atom stereocenters. The number of benzene rings is 2. The van der Waals surface area contributed by atoms with E-state index >= 15 is 0 Å².